The van der Waals surface area contributed by atoms with Crippen molar-refractivity contribution in [3.63, 3.8) is 0 Å². The first-order valence-electron chi connectivity index (χ1n) is 3.77. The van der Waals surface area contributed by atoms with Gasteiger partial charge >= 0.3 is 0 Å². The number of nitrogens with zero attached hydrogens (tertiary/aromatic N) is 2. The molecule has 0 unspecified atom stereocenters. The van der Waals surface area contributed by atoms with Crippen molar-refractivity contribution in [1.29, 1.82) is 0 Å². The molecule has 3 saturated heterocycles. The fourth-order valence-electron chi connectivity index (χ4n) is 1.77. The third kappa shape index (κ3) is 1.38. The topological polar surface area (TPSA) is 20.2 Å². The molecule has 3 aliphatic heterocycles. The average Bonchev–Trinajstić information content (AvgIpc) is 1.93. The maximum atomic E-state index is 13.3. The van der Waals surface area contributed by atoms with Gasteiger partial charge in [0.1, 0.15) is 0 Å². The maximum absolute atomic E-state index is 13.3. The lowest BCUT2D eigenvalue weighted by Crippen LogP contribution is -2.70. The van der Waals surface area contributed by atoms with E-state index in [9.17, 15) is 9.69 Å². The maximum Gasteiger partial charge on any atom is 0.167 e. The summed E-state index contributed by atoms with van der Waals surface area (Å²) < 4.78 is 13.1. The Labute approximate surface area is 66.7 Å². The molecule has 0 saturated carbocycles. The molecule has 1 N–H and O–H groups in total. The van der Waals surface area contributed by atoms with Crippen LogP contribution in [-0.2, 0) is 0 Å². The van der Waals surface area contributed by atoms with Crippen molar-refractivity contribution in [3.05, 3.63) is 0 Å². The Balaban J connectivity index is 0.000000605. The standard InChI is InChI=1S/C6H13FN2O.CH4/c7-8-1-4-9(10,5-2-8)6-3-8;/h10H,1-6H2;1H4/q+2;. The van der Waals surface area contributed by atoms with Gasteiger partial charge in [0.25, 0.3) is 0 Å². The van der Waals surface area contributed by atoms with Gasteiger partial charge in [0.2, 0.25) is 0 Å². The highest BCUT2D eigenvalue weighted by atomic mass is 19.2. The van der Waals surface area contributed by atoms with Gasteiger partial charge in [0.15, 0.2) is 39.3 Å². The lowest BCUT2D eigenvalue weighted by atomic mass is 10.2. The predicted octanol–water partition coefficient (Wildman–Crippen LogP) is 0.557. The third-order valence-electron chi connectivity index (χ3n) is 2.75. The molecule has 0 radical (unpaired) electrons. The summed E-state index contributed by atoms with van der Waals surface area (Å²) >= 11 is 0. The van der Waals surface area contributed by atoms with Crippen LogP contribution in [0.25, 0.3) is 0 Å². The van der Waals surface area contributed by atoms with E-state index in [1.165, 1.54) is 0 Å². The van der Waals surface area contributed by atoms with E-state index in [1.54, 1.807) is 0 Å². The summed E-state index contributed by atoms with van der Waals surface area (Å²) in [5.41, 5.74) is 0. The van der Waals surface area contributed by atoms with E-state index >= 15 is 0 Å². The Morgan fingerprint density at radius 1 is 0.909 bits per heavy atom. The highest BCUT2D eigenvalue weighted by Gasteiger charge is 2.50. The van der Waals surface area contributed by atoms with Gasteiger partial charge in [-0.15, -0.1) is 4.71 Å². The predicted molar refractivity (Wildman–Crippen MR) is 39.3 cm³/mol. The second-order valence-corrected chi connectivity index (χ2v) is 3.47. The number of hydrogen-bond donors (Lipinski definition) is 1. The second-order valence-electron chi connectivity index (χ2n) is 3.47. The molecule has 3 fully saturated rings. The smallest absolute Gasteiger partial charge is 0.167 e. The van der Waals surface area contributed by atoms with Crippen molar-refractivity contribution in [2.45, 2.75) is 7.43 Å². The van der Waals surface area contributed by atoms with Gasteiger partial charge in [0, 0.05) is 0 Å². The normalized spacial score (nSPS) is 48.5. The molecule has 0 aliphatic carbocycles. The molecule has 3 rings (SSSR count). The Kier molecular flexibility index (Phi) is 1.94. The van der Waals surface area contributed by atoms with E-state index in [4.69, 9.17) is 0 Å². The van der Waals surface area contributed by atoms with Crippen LogP contribution >= 0.6 is 0 Å². The van der Waals surface area contributed by atoms with Crippen LogP contribution in [0.2, 0.25) is 0 Å². The third-order valence-corrected chi connectivity index (χ3v) is 2.75. The summed E-state index contributed by atoms with van der Waals surface area (Å²) in [6.45, 7) is 3.27. The molecular formula is C7H17FN2O+2. The van der Waals surface area contributed by atoms with Crippen molar-refractivity contribution in [3.8, 4) is 0 Å². The zero-order chi connectivity index (χ0) is 7.24. The largest absolute Gasteiger partial charge is 0.216 e. The van der Waals surface area contributed by atoms with Crippen LogP contribution < -0.4 is 0 Å². The summed E-state index contributed by atoms with van der Waals surface area (Å²) in [7, 11) is 0. The van der Waals surface area contributed by atoms with Crippen LogP contribution in [0.5, 0.6) is 0 Å². The summed E-state index contributed by atoms with van der Waals surface area (Å²) in [6, 6.07) is 0. The molecule has 11 heavy (non-hydrogen) atoms. The minimum atomic E-state index is -0.305. The van der Waals surface area contributed by atoms with Gasteiger partial charge in [-0.3, -0.25) is 0 Å². The van der Waals surface area contributed by atoms with Crippen LogP contribution in [0.3, 0.4) is 0 Å². The Morgan fingerprint density at radius 2 is 1.27 bits per heavy atom. The number of rotatable bonds is 0. The van der Waals surface area contributed by atoms with Gasteiger partial charge in [-0.25, -0.2) is 5.21 Å². The van der Waals surface area contributed by atoms with E-state index < -0.39 is 0 Å². The summed E-state index contributed by atoms with van der Waals surface area (Å²) in [5, 5.41) is 9.59. The number of hydroxylamine groups is 3. The number of fused-ring (bicyclic) bond motifs is 3. The molecule has 4 heteroatoms. The zero-order valence-electron chi connectivity index (χ0n) is 5.96. The molecule has 0 aromatic heterocycles. The molecule has 3 aliphatic rings. The van der Waals surface area contributed by atoms with E-state index in [0.29, 0.717) is 39.3 Å². The van der Waals surface area contributed by atoms with E-state index in [0.717, 1.165) is 0 Å². The lowest BCUT2D eigenvalue weighted by Gasteiger charge is -2.44. The van der Waals surface area contributed by atoms with Crippen molar-refractivity contribution in [2.24, 2.45) is 0 Å². The number of halogens is 1. The number of piperazine rings is 3. The Hall–Kier alpha value is -0.190. The number of quaternary nitrogens is 2. The first kappa shape index (κ1) is 8.90. The van der Waals surface area contributed by atoms with Crippen LogP contribution in [-0.4, -0.2) is 53.8 Å². The number of hydrogen-bond acceptors (Lipinski definition) is 1. The van der Waals surface area contributed by atoms with Crippen molar-refractivity contribution < 1.29 is 19.0 Å². The monoisotopic (exact) mass is 164 g/mol. The molecular weight excluding hydrogens is 147 g/mol. The minimum Gasteiger partial charge on any atom is -0.216 e. The molecule has 0 spiro atoms. The molecule has 3 heterocycles. The highest BCUT2D eigenvalue weighted by Crippen LogP contribution is 2.24. The molecule has 0 aromatic rings. The fourth-order valence-corrected chi connectivity index (χ4v) is 1.77. The van der Waals surface area contributed by atoms with E-state index in [2.05, 4.69) is 0 Å². The molecule has 0 amide bonds. The quantitative estimate of drug-likeness (QED) is 0.409. The van der Waals surface area contributed by atoms with Gasteiger partial charge in [-0.05, 0) is 4.48 Å². The molecule has 0 aromatic carbocycles. The summed E-state index contributed by atoms with van der Waals surface area (Å²) in [4.78, 5) is 0. The van der Waals surface area contributed by atoms with Crippen LogP contribution in [0.4, 0.5) is 4.48 Å². The van der Waals surface area contributed by atoms with Gasteiger partial charge in [-0.1, -0.05) is 7.43 Å². The van der Waals surface area contributed by atoms with Gasteiger partial charge in [0.05, 0.1) is 0 Å². The molecule has 66 valence electrons. The molecule has 0 atom stereocenters. The fraction of sp³-hybridized carbons (Fsp3) is 1.00. The van der Waals surface area contributed by atoms with E-state index in [-0.39, 0.29) is 16.8 Å². The van der Waals surface area contributed by atoms with Crippen molar-refractivity contribution in [1.82, 2.24) is 0 Å². The molecule has 3 nitrogen and oxygen atoms in total. The van der Waals surface area contributed by atoms with Crippen LogP contribution in [0.1, 0.15) is 7.43 Å². The van der Waals surface area contributed by atoms with Gasteiger partial charge < -0.3 is 0 Å². The minimum absolute atomic E-state index is 0. The first-order chi connectivity index (χ1) is 4.62. The zero-order valence-corrected chi connectivity index (χ0v) is 5.96. The highest BCUT2D eigenvalue weighted by molar-refractivity contribution is 4.51. The summed E-state index contributed by atoms with van der Waals surface area (Å²) in [5.74, 6) is 0. The van der Waals surface area contributed by atoms with Crippen LogP contribution in [0.15, 0.2) is 0 Å². The van der Waals surface area contributed by atoms with Crippen molar-refractivity contribution in [2.75, 3.05) is 39.3 Å². The first-order valence-corrected chi connectivity index (χ1v) is 3.77. The van der Waals surface area contributed by atoms with E-state index in [1.807, 2.05) is 0 Å². The second kappa shape index (κ2) is 2.40. The van der Waals surface area contributed by atoms with Crippen molar-refractivity contribution >= 4 is 0 Å². The lowest BCUT2D eigenvalue weighted by molar-refractivity contribution is -1.21. The Bertz CT molecular complexity index is 120. The molecule has 2 bridgehead atoms. The van der Waals surface area contributed by atoms with Gasteiger partial charge in [-0.2, -0.15) is 4.65 Å². The SMILES string of the molecule is C.O[N+]12CC[N+](F)(CC1)CC2. The summed E-state index contributed by atoms with van der Waals surface area (Å²) in [6.07, 6.45) is 0. The average molecular weight is 164 g/mol. The Morgan fingerprint density at radius 3 is 1.55 bits per heavy atom. The van der Waals surface area contributed by atoms with Crippen LogP contribution in [0, 0.1) is 0 Å².